The van der Waals surface area contributed by atoms with Gasteiger partial charge in [0.25, 0.3) is 11.8 Å². The molecule has 176 valence electrons. The van der Waals surface area contributed by atoms with Gasteiger partial charge in [-0.1, -0.05) is 64.1 Å². The lowest BCUT2D eigenvalue weighted by atomic mass is 9.98. The second-order valence-corrected chi connectivity index (χ2v) is 8.00. The molecule has 2 aliphatic heterocycles. The summed E-state index contributed by atoms with van der Waals surface area (Å²) in [5.41, 5.74) is 4.14. The van der Waals surface area contributed by atoms with Gasteiger partial charge in [-0.25, -0.2) is 0 Å². The van der Waals surface area contributed by atoms with Crippen molar-refractivity contribution in [2.75, 3.05) is 13.1 Å². The fourth-order valence-corrected chi connectivity index (χ4v) is 3.87. The van der Waals surface area contributed by atoms with Crippen LogP contribution in [-0.4, -0.2) is 46.8 Å². The largest absolute Gasteiger partial charge is 0.336 e. The van der Waals surface area contributed by atoms with Gasteiger partial charge in [-0.3, -0.25) is 9.59 Å². The molecule has 2 amide bonds. The topological polar surface area (TPSA) is 40.6 Å². The molecule has 0 aliphatic carbocycles. The van der Waals surface area contributed by atoms with Gasteiger partial charge in [-0.15, -0.1) is 0 Å². The molecule has 32 heavy (non-hydrogen) atoms. The summed E-state index contributed by atoms with van der Waals surface area (Å²) in [6.45, 7) is 18.0. The molecule has 2 aromatic rings. The van der Waals surface area contributed by atoms with Crippen LogP contribution in [0, 0.1) is 0 Å². The first-order valence-corrected chi connectivity index (χ1v) is 12.2. The summed E-state index contributed by atoms with van der Waals surface area (Å²) in [7, 11) is 0. The van der Waals surface area contributed by atoms with Crippen LogP contribution in [0.1, 0.15) is 87.2 Å². The lowest BCUT2D eigenvalue weighted by Gasteiger charge is -2.31. The Hall–Kier alpha value is -2.62. The van der Waals surface area contributed by atoms with Crippen LogP contribution in [0.3, 0.4) is 0 Å². The van der Waals surface area contributed by atoms with Gasteiger partial charge in [-0.05, 0) is 63.8 Å². The molecule has 0 bridgehead atoms. The number of fused-ring (bicyclic) bond motifs is 2. The second kappa shape index (κ2) is 13.7. The molecule has 0 unspecified atom stereocenters. The number of hydrogen-bond donors (Lipinski definition) is 0. The van der Waals surface area contributed by atoms with Crippen LogP contribution in [0.4, 0.5) is 0 Å². The first-order chi connectivity index (χ1) is 15.4. The maximum Gasteiger partial charge on any atom is 0.254 e. The lowest BCUT2D eigenvalue weighted by molar-refractivity contribution is 0.0680. The van der Waals surface area contributed by atoms with Crippen molar-refractivity contribution in [1.82, 2.24) is 9.80 Å². The van der Waals surface area contributed by atoms with Gasteiger partial charge in [0.15, 0.2) is 0 Å². The SMILES string of the molecule is CC.CC.CC(C)N1CCc2ccccc2C1=O.CC(C)N1CCc2ccccc2C1=O. The number of nitrogens with zero attached hydrogens (tertiary/aromatic N) is 2. The summed E-state index contributed by atoms with van der Waals surface area (Å²) in [6.07, 6.45) is 1.97. The van der Waals surface area contributed by atoms with Gasteiger partial charge in [0.1, 0.15) is 0 Å². The molecule has 4 heteroatoms. The lowest BCUT2D eigenvalue weighted by Crippen LogP contribution is -2.41. The van der Waals surface area contributed by atoms with Crippen molar-refractivity contribution in [2.45, 2.75) is 80.3 Å². The average molecular weight is 439 g/mol. The van der Waals surface area contributed by atoms with E-state index in [0.29, 0.717) is 12.1 Å². The van der Waals surface area contributed by atoms with Gasteiger partial charge in [-0.2, -0.15) is 0 Å². The minimum Gasteiger partial charge on any atom is -0.336 e. The van der Waals surface area contributed by atoms with Crippen molar-refractivity contribution in [3.63, 3.8) is 0 Å². The molecule has 2 heterocycles. The first kappa shape index (κ1) is 27.4. The number of carbonyl (C=O) groups is 2. The molecule has 0 fully saturated rings. The standard InChI is InChI=1S/2C12H15NO.2C2H6/c2*1-9(2)13-8-7-10-5-3-4-6-11(10)12(13)14;2*1-2/h2*3-6,9H,7-8H2,1-2H3;2*1-2H3. The van der Waals surface area contributed by atoms with Crippen LogP contribution in [0.25, 0.3) is 0 Å². The van der Waals surface area contributed by atoms with E-state index >= 15 is 0 Å². The highest BCUT2D eigenvalue weighted by Gasteiger charge is 2.26. The van der Waals surface area contributed by atoms with Crippen molar-refractivity contribution in [1.29, 1.82) is 0 Å². The van der Waals surface area contributed by atoms with Gasteiger partial charge < -0.3 is 9.80 Å². The minimum absolute atomic E-state index is 0.182. The maximum absolute atomic E-state index is 12.0. The zero-order chi connectivity index (χ0) is 24.3. The van der Waals surface area contributed by atoms with Crippen molar-refractivity contribution in [3.8, 4) is 0 Å². The van der Waals surface area contributed by atoms with E-state index in [0.717, 1.165) is 37.1 Å². The Balaban J connectivity index is 0.000000277. The molecule has 0 spiro atoms. The summed E-state index contributed by atoms with van der Waals surface area (Å²) in [6, 6.07) is 16.4. The van der Waals surface area contributed by atoms with E-state index in [1.54, 1.807) is 0 Å². The number of rotatable bonds is 2. The second-order valence-electron chi connectivity index (χ2n) is 8.00. The Bertz CT molecular complexity index is 787. The van der Waals surface area contributed by atoms with Gasteiger partial charge in [0, 0.05) is 36.3 Å². The Kier molecular flexibility index (Phi) is 11.8. The van der Waals surface area contributed by atoms with Crippen molar-refractivity contribution < 1.29 is 9.59 Å². The third-order valence-electron chi connectivity index (χ3n) is 5.51. The van der Waals surface area contributed by atoms with E-state index in [4.69, 9.17) is 0 Å². The van der Waals surface area contributed by atoms with Crippen molar-refractivity contribution in [3.05, 3.63) is 70.8 Å². The van der Waals surface area contributed by atoms with Gasteiger partial charge in [0.05, 0.1) is 0 Å². The van der Waals surface area contributed by atoms with E-state index in [1.165, 1.54) is 11.1 Å². The van der Waals surface area contributed by atoms with Crippen molar-refractivity contribution >= 4 is 11.8 Å². The van der Waals surface area contributed by atoms with Crippen LogP contribution in [0.5, 0.6) is 0 Å². The normalized spacial score (nSPS) is 14.3. The Morgan fingerprint density at radius 3 is 1.22 bits per heavy atom. The molecular formula is C28H42N2O2. The highest BCUT2D eigenvalue weighted by Crippen LogP contribution is 2.21. The fraction of sp³-hybridized carbons (Fsp3) is 0.500. The summed E-state index contributed by atoms with van der Waals surface area (Å²) in [4.78, 5) is 27.8. The van der Waals surface area contributed by atoms with Crippen LogP contribution in [0.2, 0.25) is 0 Å². The minimum atomic E-state index is 0.182. The molecule has 0 saturated carbocycles. The highest BCUT2D eigenvalue weighted by molar-refractivity contribution is 5.97. The molecule has 4 nitrogen and oxygen atoms in total. The molecule has 2 aromatic carbocycles. The quantitative estimate of drug-likeness (QED) is 0.557. The molecule has 0 radical (unpaired) electrons. The van der Waals surface area contributed by atoms with Crippen LogP contribution >= 0.6 is 0 Å². The summed E-state index contributed by atoms with van der Waals surface area (Å²) >= 11 is 0. The fourth-order valence-electron chi connectivity index (χ4n) is 3.87. The van der Waals surface area contributed by atoms with Crippen LogP contribution < -0.4 is 0 Å². The van der Waals surface area contributed by atoms with Crippen LogP contribution in [0.15, 0.2) is 48.5 Å². The molecule has 4 rings (SSSR count). The summed E-state index contributed by atoms with van der Waals surface area (Å²) in [5, 5.41) is 0. The van der Waals surface area contributed by atoms with Gasteiger partial charge in [0.2, 0.25) is 0 Å². The Morgan fingerprint density at radius 2 is 0.906 bits per heavy atom. The molecular weight excluding hydrogens is 396 g/mol. The highest BCUT2D eigenvalue weighted by atomic mass is 16.2. The maximum atomic E-state index is 12.0. The monoisotopic (exact) mass is 438 g/mol. The Morgan fingerprint density at radius 1 is 0.594 bits per heavy atom. The van der Waals surface area contributed by atoms with E-state index in [2.05, 4.69) is 27.7 Å². The number of benzene rings is 2. The number of amides is 2. The Labute approximate surface area is 195 Å². The third kappa shape index (κ3) is 6.69. The smallest absolute Gasteiger partial charge is 0.254 e. The zero-order valence-electron chi connectivity index (χ0n) is 21.3. The van der Waals surface area contributed by atoms with E-state index in [-0.39, 0.29) is 11.8 Å². The third-order valence-corrected chi connectivity index (χ3v) is 5.51. The molecule has 2 aliphatic rings. The molecule has 0 saturated heterocycles. The summed E-state index contributed by atoms with van der Waals surface area (Å²) < 4.78 is 0. The predicted octanol–water partition coefficient (Wildman–Crippen LogP) is 6.24. The number of carbonyl (C=O) groups excluding carboxylic acids is 2. The predicted molar refractivity (Wildman–Crippen MR) is 135 cm³/mol. The molecule has 0 aromatic heterocycles. The summed E-state index contributed by atoms with van der Waals surface area (Å²) in [5.74, 6) is 0.365. The first-order valence-electron chi connectivity index (χ1n) is 12.2. The van der Waals surface area contributed by atoms with E-state index in [9.17, 15) is 9.59 Å². The zero-order valence-corrected chi connectivity index (χ0v) is 21.3. The van der Waals surface area contributed by atoms with Crippen LogP contribution in [-0.2, 0) is 12.8 Å². The molecule has 0 atom stereocenters. The molecule has 0 N–H and O–H groups in total. The van der Waals surface area contributed by atoms with E-state index < -0.39 is 0 Å². The van der Waals surface area contributed by atoms with E-state index in [1.807, 2.05) is 86.0 Å². The number of hydrogen-bond acceptors (Lipinski definition) is 2. The average Bonchev–Trinajstić information content (AvgIpc) is 2.82. The van der Waals surface area contributed by atoms with Crippen molar-refractivity contribution in [2.24, 2.45) is 0 Å². The van der Waals surface area contributed by atoms with Gasteiger partial charge >= 0.3 is 0 Å².